The number of aliphatic hydroxyl groups is 2. The van der Waals surface area contributed by atoms with Crippen molar-refractivity contribution in [3.8, 4) is 0 Å². The lowest BCUT2D eigenvalue weighted by atomic mass is 10.1. The molecule has 0 aliphatic heterocycles. The first kappa shape index (κ1) is 16.1. The van der Waals surface area contributed by atoms with Crippen LogP contribution in [-0.2, 0) is 4.79 Å². The third-order valence-corrected chi connectivity index (χ3v) is 2.54. The topological polar surface area (TPSA) is 98.7 Å². The van der Waals surface area contributed by atoms with Crippen molar-refractivity contribution < 1.29 is 24.2 Å². The molecular weight excluding hydrogens is 267 g/mol. The van der Waals surface area contributed by atoms with Gasteiger partial charge in [-0.3, -0.25) is 9.59 Å². The van der Waals surface area contributed by atoms with Crippen LogP contribution in [0.25, 0.3) is 0 Å². The molecule has 0 aromatic heterocycles. The smallest absolute Gasteiger partial charge is 0.254 e. The molecule has 0 radical (unpaired) electrons. The average molecular weight is 284 g/mol. The zero-order valence-electron chi connectivity index (χ0n) is 11.0. The molecule has 0 heterocycles. The van der Waals surface area contributed by atoms with Crippen LogP contribution in [0.4, 0.5) is 4.39 Å². The summed E-state index contributed by atoms with van der Waals surface area (Å²) in [6.07, 6.45) is 0. The zero-order valence-corrected chi connectivity index (χ0v) is 11.0. The molecule has 7 heteroatoms. The number of hydrogen-bond donors (Lipinski definition) is 4. The van der Waals surface area contributed by atoms with E-state index in [-0.39, 0.29) is 18.7 Å². The number of carbonyl (C=O) groups is 2. The van der Waals surface area contributed by atoms with Gasteiger partial charge in [-0.2, -0.15) is 0 Å². The lowest BCUT2D eigenvalue weighted by Gasteiger charge is -2.20. The summed E-state index contributed by atoms with van der Waals surface area (Å²) in [5, 5.41) is 22.9. The number of amides is 2. The average Bonchev–Trinajstić information content (AvgIpc) is 2.43. The highest BCUT2D eigenvalue weighted by molar-refractivity contribution is 5.96. The molecule has 2 amide bonds. The largest absolute Gasteiger partial charge is 0.393 e. The quantitative estimate of drug-likeness (QED) is 0.561. The third kappa shape index (κ3) is 4.94. The Morgan fingerprint density at radius 2 is 1.95 bits per heavy atom. The van der Waals surface area contributed by atoms with Crippen LogP contribution in [0, 0.1) is 5.82 Å². The van der Waals surface area contributed by atoms with Crippen molar-refractivity contribution in [3.63, 3.8) is 0 Å². The number of halogens is 1. The number of nitrogens with one attached hydrogen (secondary N) is 2. The number of rotatable bonds is 6. The van der Waals surface area contributed by atoms with Crippen LogP contribution in [0.3, 0.4) is 0 Å². The Bertz CT molecular complexity index is 491. The van der Waals surface area contributed by atoms with Gasteiger partial charge in [0.15, 0.2) is 0 Å². The maximum Gasteiger partial charge on any atom is 0.254 e. The molecule has 6 nitrogen and oxygen atoms in total. The highest BCUT2D eigenvalue weighted by Gasteiger charge is 2.20. The summed E-state index contributed by atoms with van der Waals surface area (Å²) in [5.41, 5.74) is -1.58. The van der Waals surface area contributed by atoms with Gasteiger partial charge in [0.1, 0.15) is 11.4 Å². The Labute approximate surface area is 115 Å². The van der Waals surface area contributed by atoms with E-state index in [0.29, 0.717) is 0 Å². The second-order valence-electron chi connectivity index (χ2n) is 4.59. The van der Waals surface area contributed by atoms with E-state index < -0.39 is 29.8 Å². The van der Waals surface area contributed by atoms with Gasteiger partial charge in [-0.25, -0.2) is 4.39 Å². The van der Waals surface area contributed by atoms with Gasteiger partial charge in [0.25, 0.3) is 5.91 Å². The summed E-state index contributed by atoms with van der Waals surface area (Å²) in [6.45, 7) is 0.340. The highest BCUT2D eigenvalue weighted by atomic mass is 19.1. The summed E-state index contributed by atoms with van der Waals surface area (Å²) in [5.74, 6) is -1.93. The molecular formula is C13H17FN2O4. The van der Waals surface area contributed by atoms with Gasteiger partial charge in [0.05, 0.1) is 18.7 Å². The Kier molecular flexibility index (Phi) is 5.60. The molecule has 1 aromatic rings. The fraction of sp³-hybridized carbons (Fsp3) is 0.385. The van der Waals surface area contributed by atoms with Crippen LogP contribution >= 0.6 is 0 Å². The van der Waals surface area contributed by atoms with E-state index in [1.54, 1.807) is 0 Å². The minimum Gasteiger partial charge on any atom is -0.393 e. The summed E-state index contributed by atoms with van der Waals surface area (Å²) < 4.78 is 13.3. The zero-order chi connectivity index (χ0) is 15.2. The van der Waals surface area contributed by atoms with E-state index in [4.69, 9.17) is 5.11 Å². The lowest BCUT2D eigenvalue weighted by Crippen LogP contribution is -2.46. The van der Waals surface area contributed by atoms with Crippen molar-refractivity contribution in [1.29, 1.82) is 0 Å². The molecule has 20 heavy (non-hydrogen) atoms. The molecule has 0 aliphatic rings. The number of hydrogen-bond acceptors (Lipinski definition) is 4. The van der Waals surface area contributed by atoms with Crippen molar-refractivity contribution >= 4 is 11.8 Å². The Balaban J connectivity index is 2.42. The predicted octanol–water partition coefficient (Wildman–Crippen LogP) is -0.585. The number of aliphatic hydroxyl groups excluding tert-OH is 1. The van der Waals surface area contributed by atoms with Gasteiger partial charge in [0.2, 0.25) is 5.91 Å². The maximum absolute atomic E-state index is 13.3. The van der Waals surface area contributed by atoms with Crippen LogP contribution in [0.15, 0.2) is 24.3 Å². The van der Waals surface area contributed by atoms with Crippen LogP contribution in [0.5, 0.6) is 0 Å². The molecule has 1 aromatic carbocycles. The summed E-state index contributed by atoms with van der Waals surface area (Å²) in [6, 6.07) is 5.42. The predicted molar refractivity (Wildman–Crippen MR) is 69.5 cm³/mol. The fourth-order valence-electron chi connectivity index (χ4n) is 1.31. The van der Waals surface area contributed by atoms with Crippen molar-refractivity contribution in [2.45, 2.75) is 12.5 Å². The first-order valence-corrected chi connectivity index (χ1v) is 5.98. The molecule has 0 bridgehead atoms. The van der Waals surface area contributed by atoms with E-state index in [1.165, 1.54) is 25.1 Å². The van der Waals surface area contributed by atoms with Gasteiger partial charge >= 0.3 is 0 Å². The molecule has 0 aliphatic carbocycles. The molecule has 0 saturated heterocycles. The van der Waals surface area contributed by atoms with Crippen molar-refractivity contribution in [1.82, 2.24) is 10.6 Å². The van der Waals surface area contributed by atoms with Gasteiger partial charge in [0, 0.05) is 6.54 Å². The van der Waals surface area contributed by atoms with Crippen LogP contribution < -0.4 is 10.6 Å². The Hall–Kier alpha value is -1.99. The molecule has 4 N–H and O–H groups in total. The first-order chi connectivity index (χ1) is 9.35. The van der Waals surface area contributed by atoms with Crippen LogP contribution in [-0.4, -0.2) is 47.3 Å². The lowest BCUT2D eigenvalue weighted by molar-refractivity contribution is -0.121. The second kappa shape index (κ2) is 6.97. The van der Waals surface area contributed by atoms with Crippen molar-refractivity contribution in [3.05, 3.63) is 35.6 Å². The Morgan fingerprint density at radius 1 is 1.30 bits per heavy atom. The number of benzene rings is 1. The van der Waals surface area contributed by atoms with E-state index in [0.717, 1.165) is 6.07 Å². The van der Waals surface area contributed by atoms with Gasteiger partial charge in [-0.1, -0.05) is 12.1 Å². The standard InChI is InChI=1S/C13H17FN2O4/c1-13(20,8-17)7-16-11(18)6-15-12(19)9-4-2-3-5-10(9)14/h2-5,17,20H,6-8H2,1H3,(H,15,19)(H,16,18). The maximum atomic E-state index is 13.3. The van der Waals surface area contributed by atoms with Gasteiger partial charge < -0.3 is 20.8 Å². The SMILES string of the molecule is CC(O)(CO)CNC(=O)CNC(=O)c1ccccc1F. The van der Waals surface area contributed by atoms with Crippen LogP contribution in [0.2, 0.25) is 0 Å². The first-order valence-electron chi connectivity index (χ1n) is 5.98. The summed E-state index contributed by atoms with van der Waals surface area (Å²) >= 11 is 0. The summed E-state index contributed by atoms with van der Waals surface area (Å²) in [4.78, 5) is 23.0. The van der Waals surface area contributed by atoms with Crippen molar-refractivity contribution in [2.75, 3.05) is 19.7 Å². The van der Waals surface area contributed by atoms with E-state index >= 15 is 0 Å². The highest BCUT2D eigenvalue weighted by Crippen LogP contribution is 2.05. The molecule has 0 saturated carbocycles. The van der Waals surface area contributed by atoms with Gasteiger partial charge in [-0.15, -0.1) is 0 Å². The Morgan fingerprint density at radius 3 is 2.55 bits per heavy atom. The molecule has 1 unspecified atom stereocenters. The summed E-state index contributed by atoms with van der Waals surface area (Å²) in [7, 11) is 0. The van der Waals surface area contributed by atoms with Gasteiger partial charge in [-0.05, 0) is 19.1 Å². The molecule has 110 valence electrons. The second-order valence-corrected chi connectivity index (χ2v) is 4.59. The van der Waals surface area contributed by atoms with Crippen molar-refractivity contribution in [2.24, 2.45) is 0 Å². The molecule has 0 fully saturated rings. The van der Waals surface area contributed by atoms with E-state index in [2.05, 4.69) is 10.6 Å². The molecule has 1 atom stereocenters. The third-order valence-electron chi connectivity index (χ3n) is 2.54. The molecule has 0 spiro atoms. The minimum atomic E-state index is -1.43. The fourth-order valence-corrected chi connectivity index (χ4v) is 1.31. The monoisotopic (exact) mass is 284 g/mol. The van der Waals surface area contributed by atoms with Crippen LogP contribution in [0.1, 0.15) is 17.3 Å². The minimum absolute atomic E-state index is 0.150. The van der Waals surface area contributed by atoms with E-state index in [1.807, 2.05) is 0 Å². The van der Waals surface area contributed by atoms with E-state index in [9.17, 15) is 19.1 Å². The number of carbonyl (C=O) groups excluding carboxylic acids is 2. The normalized spacial score (nSPS) is 13.4. The molecule has 1 rings (SSSR count).